The summed E-state index contributed by atoms with van der Waals surface area (Å²) in [4.78, 5) is 20.7. The van der Waals surface area contributed by atoms with Crippen LogP contribution in [0.1, 0.15) is 50.2 Å². The summed E-state index contributed by atoms with van der Waals surface area (Å²) in [5.74, 6) is 1.11. The summed E-state index contributed by atoms with van der Waals surface area (Å²) < 4.78 is 0. The van der Waals surface area contributed by atoms with E-state index in [-0.39, 0.29) is 12.0 Å². The fraction of sp³-hybridized carbons (Fsp3) is 0.652. The molecular formula is C23H37N5O2. The van der Waals surface area contributed by atoms with Crippen molar-refractivity contribution in [3.63, 3.8) is 0 Å². The van der Waals surface area contributed by atoms with Crippen LogP contribution < -0.4 is 10.6 Å². The van der Waals surface area contributed by atoms with Gasteiger partial charge in [-0.05, 0) is 43.7 Å². The number of carbonyl (C=O) groups excluding carboxylic acids is 1. The molecule has 0 aliphatic carbocycles. The third-order valence-corrected chi connectivity index (χ3v) is 5.82. The van der Waals surface area contributed by atoms with E-state index in [1.165, 1.54) is 11.1 Å². The van der Waals surface area contributed by atoms with E-state index in [1.807, 2.05) is 4.90 Å². The van der Waals surface area contributed by atoms with Crippen LogP contribution in [-0.2, 0) is 17.9 Å². The third-order valence-electron chi connectivity index (χ3n) is 5.82. The molecule has 0 unspecified atom stereocenters. The zero-order valence-corrected chi connectivity index (χ0v) is 18.3. The number of likely N-dealkylation sites (tertiary alicyclic amines) is 2. The van der Waals surface area contributed by atoms with Crippen LogP contribution in [0, 0.1) is 0 Å². The maximum Gasteiger partial charge on any atom is 0.222 e. The Morgan fingerprint density at radius 2 is 1.87 bits per heavy atom. The summed E-state index contributed by atoms with van der Waals surface area (Å²) in [6, 6.07) is 8.67. The normalized spacial score (nSPS) is 18.8. The van der Waals surface area contributed by atoms with Crippen LogP contribution in [0.25, 0.3) is 0 Å². The quantitative estimate of drug-likeness (QED) is 0.325. The number of nitrogens with zero attached hydrogens (tertiary/aromatic N) is 3. The Morgan fingerprint density at radius 1 is 1.13 bits per heavy atom. The summed E-state index contributed by atoms with van der Waals surface area (Å²) >= 11 is 0. The molecule has 0 spiro atoms. The topological polar surface area (TPSA) is 80.2 Å². The van der Waals surface area contributed by atoms with E-state index in [0.29, 0.717) is 13.0 Å². The van der Waals surface area contributed by atoms with Gasteiger partial charge in [-0.3, -0.25) is 9.69 Å². The first-order valence-corrected chi connectivity index (χ1v) is 11.4. The first-order valence-electron chi connectivity index (χ1n) is 11.4. The van der Waals surface area contributed by atoms with Gasteiger partial charge in [0.2, 0.25) is 5.91 Å². The second-order valence-corrected chi connectivity index (χ2v) is 8.28. The molecule has 2 aliphatic rings. The van der Waals surface area contributed by atoms with Crippen LogP contribution in [0.4, 0.5) is 0 Å². The molecule has 30 heavy (non-hydrogen) atoms. The summed E-state index contributed by atoms with van der Waals surface area (Å²) in [7, 11) is 0. The number of guanidine groups is 1. The average Bonchev–Trinajstić information content (AvgIpc) is 3.16. The Labute approximate surface area is 180 Å². The van der Waals surface area contributed by atoms with Crippen molar-refractivity contribution in [2.75, 3.05) is 39.3 Å². The van der Waals surface area contributed by atoms with E-state index in [4.69, 9.17) is 4.99 Å². The number of hydrogen-bond donors (Lipinski definition) is 3. The van der Waals surface area contributed by atoms with E-state index in [2.05, 4.69) is 46.7 Å². The smallest absolute Gasteiger partial charge is 0.222 e. The molecule has 3 rings (SSSR count). The first kappa shape index (κ1) is 22.6. The van der Waals surface area contributed by atoms with Crippen LogP contribution >= 0.6 is 0 Å². The highest BCUT2D eigenvalue weighted by Gasteiger charge is 2.19. The van der Waals surface area contributed by atoms with Crippen LogP contribution in [0.15, 0.2) is 29.3 Å². The van der Waals surface area contributed by atoms with Gasteiger partial charge in [0.25, 0.3) is 0 Å². The van der Waals surface area contributed by atoms with Gasteiger partial charge in [0.05, 0.1) is 12.6 Å². The highest BCUT2D eigenvalue weighted by molar-refractivity contribution is 5.79. The fourth-order valence-electron chi connectivity index (χ4n) is 4.01. The van der Waals surface area contributed by atoms with Crippen molar-refractivity contribution in [2.24, 2.45) is 4.99 Å². The van der Waals surface area contributed by atoms with Gasteiger partial charge in [-0.2, -0.15) is 0 Å². The number of piperidine rings is 1. The predicted octanol–water partition coefficient (Wildman–Crippen LogP) is 1.71. The highest BCUT2D eigenvalue weighted by Crippen LogP contribution is 2.14. The highest BCUT2D eigenvalue weighted by atomic mass is 16.3. The fourth-order valence-corrected chi connectivity index (χ4v) is 4.01. The lowest BCUT2D eigenvalue weighted by molar-refractivity contribution is -0.127. The maximum atomic E-state index is 11.7. The number of aliphatic imine (C=N–C) groups is 1. The molecule has 7 heteroatoms. The average molecular weight is 416 g/mol. The van der Waals surface area contributed by atoms with E-state index in [1.54, 1.807) is 0 Å². The summed E-state index contributed by atoms with van der Waals surface area (Å²) in [5.41, 5.74) is 2.49. The Balaban J connectivity index is 1.41. The van der Waals surface area contributed by atoms with Crippen molar-refractivity contribution in [3.8, 4) is 0 Å². The summed E-state index contributed by atoms with van der Waals surface area (Å²) in [6.45, 7) is 8.93. The minimum Gasteiger partial charge on any atom is -0.393 e. The zero-order chi connectivity index (χ0) is 21.2. The van der Waals surface area contributed by atoms with Crippen molar-refractivity contribution >= 4 is 11.9 Å². The molecular weight excluding hydrogens is 378 g/mol. The minimum absolute atomic E-state index is 0.122. The monoisotopic (exact) mass is 415 g/mol. The van der Waals surface area contributed by atoms with Gasteiger partial charge in [-0.1, -0.05) is 24.3 Å². The SMILES string of the molecule is CCNC(=NCc1ccc(CN2CCC(O)CC2)cc1)NCCCN1CCCC1=O. The summed E-state index contributed by atoms with van der Waals surface area (Å²) in [5, 5.41) is 16.3. The molecule has 7 nitrogen and oxygen atoms in total. The number of aliphatic hydroxyl groups excluding tert-OH is 1. The molecule has 2 aliphatic heterocycles. The number of rotatable bonds is 9. The van der Waals surface area contributed by atoms with Crippen LogP contribution in [0.2, 0.25) is 0 Å². The molecule has 1 aromatic rings. The van der Waals surface area contributed by atoms with E-state index in [9.17, 15) is 9.90 Å². The number of aliphatic hydroxyl groups is 1. The molecule has 2 heterocycles. The van der Waals surface area contributed by atoms with Crippen molar-refractivity contribution in [2.45, 2.75) is 58.2 Å². The molecule has 2 saturated heterocycles. The number of hydrogen-bond acceptors (Lipinski definition) is 4. The van der Waals surface area contributed by atoms with Gasteiger partial charge in [-0.25, -0.2) is 4.99 Å². The standard InChI is InChI=1S/C23H37N5O2/c1-2-24-23(25-12-4-14-28-13-3-5-22(28)30)26-17-19-6-8-20(9-7-19)18-27-15-10-21(29)11-16-27/h6-9,21,29H,2-5,10-18H2,1H3,(H2,24,25,26). The third kappa shape index (κ3) is 7.29. The molecule has 166 valence electrons. The van der Waals surface area contributed by atoms with Crippen molar-refractivity contribution in [1.29, 1.82) is 0 Å². The second-order valence-electron chi connectivity index (χ2n) is 8.28. The van der Waals surface area contributed by atoms with E-state index in [0.717, 1.165) is 77.5 Å². The maximum absolute atomic E-state index is 11.7. The lowest BCUT2D eigenvalue weighted by Gasteiger charge is -2.29. The van der Waals surface area contributed by atoms with Crippen molar-refractivity contribution in [3.05, 3.63) is 35.4 Å². The largest absolute Gasteiger partial charge is 0.393 e. The Bertz CT molecular complexity index is 683. The first-order chi connectivity index (χ1) is 14.6. The van der Waals surface area contributed by atoms with E-state index < -0.39 is 0 Å². The van der Waals surface area contributed by atoms with Gasteiger partial charge >= 0.3 is 0 Å². The molecule has 0 saturated carbocycles. The second kappa shape index (κ2) is 11.9. The molecule has 0 bridgehead atoms. The number of nitrogens with one attached hydrogen (secondary N) is 2. The van der Waals surface area contributed by atoms with Crippen LogP contribution in [0.3, 0.4) is 0 Å². The van der Waals surface area contributed by atoms with Crippen molar-refractivity contribution in [1.82, 2.24) is 20.4 Å². The van der Waals surface area contributed by atoms with Crippen molar-refractivity contribution < 1.29 is 9.90 Å². The van der Waals surface area contributed by atoms with Gasteiger partial charge in [0.1, 0.15) is 0 Å². The lowest BCUT2D eigenvalue weighted by Crippen LogP contribution is -2.39. The predicted molar refractivity (Wildman–Crippen MR) is 120 cm³/mol. The molecule has 0 atom stereocenters. The number of benzene rings is 1. The molecule has 2 fully saturated rings. The minimum atomic E-state index is -0.122. The Kier molecular flexibility index (Phi) is 8.96. The van der Waals surface area contributed by atoms with Gasteiger partial charge in [0, 0.05) is 52.2 Å². The zero-order valence-electron chi connectivity index (χ0n) is 18.3. The Morgan fingerprint density at radius 3 is 2.53 bits per heavy atom. The molecule has 3 N–H and O–H groups in total. The molecule has 0 aromatic heterocycles. The van der Waals surface area contributed by atoms with Gasteiger partial charge < -0.3 is 20.6 Å². The van der Waals surface area contributed by atoms with Crippen LogP contribution in [0.5, 0.6) is 0 Å². The molecule has 0 radical (unpaired) electrons. The Hall–Kier alpha value is -2.12. The van der Waals surface area contributed by atoms with Crippen LogP contribution in [-0.4, -0.2) is 72.1 Å². The summed E-state index contributed by atoms with van der Waals surface area (Å²) in [6.07, 6.45) is 4.26. The molecule has 1 aromatic carbocycles. The number of amides is 1. The van der Waals surface area contributed by atoms with Gasteiger partial charge in [-0.15, -0.1) is 0 Å². The number of carbonyl (C=O) groups is 1. The molecule has 1 amide bonds. The van der Waals surface area contributed by atoms with Gasteiger partial charge in [0.15, 0.2) is 5.96 Å². The lowest BCUT2D eigenvalue weighted by atomic mass is 10.1. The van der Waals surface area contributed by atoms with E-state index >= 15 is 0 Å².